The van der Waals surface area contributed by atoms with Crippen molar-refractivity contribution in [1.29, 1.82) is 0 Å². The van der Waals surface area contributed by atoms with Gasteiger partial charge in [-0.05, 0) is 24.2 Å². The van der Waals surface area contributed by atoms with E-state index in [1.165, 1.54) is 39.8 Å². The summed E-state index contributed by atoms with van der Waals surface area (Å²) in [6.45, 7) is 20.3. The Morgan fingerprint density at radius 2 is 1.45 bits per heavy atom. The molecule has 0 amide bonds. The van der Waals surface area contributed by atoms with E-state index in [9.17, 15) is 0 Å². The van der Waals surface area contributed by atoms with E-state index in [0.29, 0.717) is 0 Å². The van der Waals surface area contributed by atoms with E-state index in [1.54, 1.807) is 5.30 Å². The molecule has 0 atom stereocenters. The Morgan fingerprint density at radius 1 is 0.935 bits per heavy atom. The summed E-state index contributed by atoms with van der Waals surface area (Å²) in [5.41, 5.74) is 4.39. The van der Waals surface area contributed by atoms with Crippen molar-refractivity contribution in [3.8, 4) is 0 Å². The molecule has 0 heterocycles. The smallest absolute Gasteiger partial charge is 1.00 e. The van der Waals surface area contributed by atoms with Crippen LogP contribution in [-0.4, -0.2) is 12.3 Å². The van der Waals surface area contributed by atoms with Crippen LogP contribution in [0.1, 0.15) is 62.3 Å². The summed E-state index contributed by atoms with van der Waals surface area (Å²) in [5, 5.41) is 4.42. The number of hydrogen-bond donors (Lipinski definition) is 0. The van der Waals surface area contributed by atoms with Crippen molar-refractivity contribution in [2.45, 2.75) is 62.3 Å². The molecule has 31 heavy (non-hydrogen) atoms. The first kappa shape index (κ1) is 33.2. The number of rotatable bonds is 5. The van der Waals surface area contributed by atoms with Crippen molar-refractivity contribution in [2.75, 3.05) is 12.3 Å². The number of benzene rings is 1. The van der Waals surface area contributed by atoms with Gasteiger partial charge in [0.05, 0.1) is 0 Å². The molecule has 0 N–H and O–H groups in total. The van der Waals surface area contributed by atoms with Gasteiger partial charge >= 0.3 is 21.7 Å². The number of halogens is 2. The Hall–Kier alpha value is 0.0343. The molecule has 2 aromatic carbocycles. The second-order valence-electron chi connectivity index (χ2n) is 9.66. The minimum Gasteiger partial charge on any atom is -1.00 e. The maximum absolute atomic E-state index is 3.44. The predicted octanol–water partition coefficient (Wildman–Crippen LogP) is 2.10. The molecule has 0 aromatic heterocycles. The monoisotopic (exact) mass is 512 g/mol. The van der Waals surface area contributed by atoms with Gasteiger partial charge in [-0.2, -0.15) is 17.2 Å². The fraction of sp³-hybridized carbons (Fsp3) is 0.519. The van der Waals surface area contributed by atoms with Crippen LogP contribution in [0.5, 0.6) is 0 Å². The molecule has 3 rings (SSSR count). The fourth-order valence-corrected chi connectivity index (χ4v) is 6.87. The number of allylic oxidation sites excluding steroid dienone is 4. The van der Waals surface area contributed by atoms with Gasteiger partial charge in [-0.3, -0.25) is 6.08 Å². The van der Waals surface area contributed by atoms with Crippen LogP contribution < -0.4 is 30.1 Å². The van der Waals surface area contributed by atoms with Gasteiger partial charge in [0, 0.05) is 0 Å². The normalized spacial score (nSPS) is 14.6. The van der Waals surface area contributed by atoms with Gasteiger partial charge in [0.2, 0.25) is 0 Å². The summed E-state index contributed by atoms with van der Waals surface area (Å²) >= 11 is 0. The Kier molecular flexibility index (Phi) is 15.4. The second-order valence-corrected chi connectivity index (χ2v) is 12.0. The standard InChI is InChI=1S/C17H24P.C10H15.2ClH.Ti/c1-13(2)11-18(12-14(3)4)17-9-15-7-5-6-8-16(15)10-17;1-7-6-10(4,5)9(3)8(7)2;;;/h5-10,13-14H,11-12H2,1-4H3;1-5H3;2*1H;/q2*-1;;;+4/p-2. The largest absolute Gasteiger partial charge is 4.00 e. The summed E-state index contributed by atoms with van der Waals surface area (Å²) in [6, 6.07) is 13.6. The summed E-state index contributed by atoms with van der Waals surface area (Å²) in [4.78, 5) is 0. The zero-order chi connectivity index (χ0) is 21.1. The molecule has 1 aliphatic carbocycles. The topological polar surface area (TPSA) is 0 Å². The molecule has 0 aliphatic heterocycles. The Balaban J connectivity index is 0. The van der Waals surface area contributed by atoms with Gasteiger partial charge in [0.15, 0.2) is 0 Å². The summed E-state index contributed by atoms with van der Waals surface area (Å²) in [7, 11) is 0.0185. The third-order valence-electron chi connectivity index (χ3n) is 5.70. The van der Waals surface area contributed by atoms with Gasteiger partial charge in [0.1, 0.15) is 0 Å². The van der Waals surface area contributed by atoms with Crippen molar-refractivity contribution in [3.05, 3.63) is 59.2 Å². The first-order chi connectivity index (χ1) is 13.0. The number of hydrogen-bond acceptors (Lipinski definition) is 0. The van der Waals surface area contributed by atoms with Crippen LogP contribution in [0.15, 0.2) is 53.1 Å². The molecule has 0 bridgehead atoms. The van der Waals surface area contributed by atoms with Gasteiger partial charge in [-0.1, -0.05) is 74.8 Å². The maximum Gasteiger partial charge on any atom is 4.00 e. The van der Waals surface area contributed by atoms with E-state index in [0.717, 1.165) is 11.8 Å². The van der Waals surface area contributed by atoms with E-state index < -0.39 is 0 Å². The molecule has 0 nitrogen and oxygen atoms in total. The molecule has 0 saturated heterocycles. The molecular weight excluding hydrogens is 474 g/mol. The van der Waals surface area contributed by atoms with Crippen LogP contribution in [0, 0.1) is 23.3 Å². The zero-order valence-corrected chi connectivity index (χ0v) is 24.7. The molecule has 170 valence electrons. The Morgan fingerprint density at radius 3 is 1.81 bits per heavy atom. The van der Waals surface area contributed by atoms with Crippen molar-refractivity contribution < 1.29 is 46.5 Å². The maximum atomic E-state index is 3.44. The molecule has 4 heteroatoms. The van der Waals surface area contributed by atoms with Gasteiger partial charge in [-0.25, -0.2) is 5.57 Å². The Bertz CT molecular complexity index is 816. The SMILES string of the molecule is CC(C)CP(CC(C)C)c1cc2ccccc2[cH-]1.CC1=[C-]C(C)(C)C(C)=C1C.[Cl-].[Cl-].[Ti+4]. The van der Waals surface area contributed by atoms with E-state index in [2.05, 4.69) is 105 Å². The van der Waals surface area contributed by atoms with Crippen molar-refractivity contribution >= 4 is 24.0 Å². The molecule has 0 spiro atoms. The van der Waals surface area contributed by atoms with Crippen LogP contribution in [0.25, 0.3) is 10.8 Å². The van der Waals surface area contributed by atoms with Gasteiger partial charge in [-0.15, -0.1) is 47.3 Å². The van der Waals surface area contributed by atoms with Gasteiger partial charge < -0.3 is 24.8 Å². The summed E-state index contributed by atoms with van der Waals surface area (Å²) in [5.74, 6) is 1.60. The van der Waals surface area contributed by atoms with Crippen LogP contribution >= 0.6 is 7.92 Å². The van der Waals surface area contributed by atoms with E-state index in [4.69, 9.17) is 0 Å². The van der Waals surface area contributed by atoms with E-state index in [1.807, 2.05) is 0 Å². The predicted molar refractivity (Wildman–Crippen MR) is 130 cm³/mol. The van der Waals surface area contributed by atoms with Crippen molar-refractivity contribution in [1.82, 2.24) is 0 Å². The molecule has 0 fully saturated rings. The number of fused-ring (bicyclic) bond motifs is 1. The molecule has 0 saturated carbocycles. The Labute approximate surface area is 220 Å². The third kappa shape index (κ3) is 9.43. The average molecular weight is 513 g/mol. The van der Waals surface area contributed by atoms with Crippen molar-refractivity contribution in [2.24, 2.45) is 17.3 Å². The molecule has 0 unspecified atom stereocenters. The van der Waals surface area contributed by atoms with Crippen LogP contribution in [0.4, 0.5) is 0 Å². The van der Waals surface area contributed by atoms with Crippen LogP contribution in [0.2, 0.25) is 0 Å². The minimum atomic E-state index is 0. The first-order valence-corrected chi connectivity index (χ1v) is 12.4. The molecule has 0 radical (unpaired) electrons. The molecular formula is C27H39Cl2PTi. The molecule has 2 aromatic rings. The summed E-state index contributed by atoms with van der Waals surface area (Å²) in [6.07, 6.45) is 6.17. The van der Waals surface area contributed by atoms with Crippen LogP contribution in [0.3, 0.4) is 0 Å². The van der Waals surface area contributed by atoms with E-state index >= 15 is 0 Å². The zero-order valence-electron chi connectivity index (χ0n) is 20.7. The van der Waals surface area contributed by atoms with Crippen molar-refractivity contribution in [3.63, 3.8) is 0 Å². The fourth-order valence-electron chi connectivity index (χ4n) is 3.89. The minimum absolute atomic E-state index is 0. The molecule has 1 aliphatic rings. The van der Waals surface area contributed by atoms with Crippen LogP contribution in [-0.2, 0) is 21.7 Å². The second kappa shape index (κ2) is 14.3. The quantitative estimate of drug-likeness (QED) is 0.327. The average Bonchev–Trinajstić information content (AvgIpc) is 3.09. The van der Waals surface area contributed by atoms with Gasteiger partial charge in [0.25, 0.3) is 0 Å². The first-order valence-electron chi connectivity index (χ1n) is 10.7. The van der Waals surface area contributed by atoms with E-state index in [-0.39, 0.29) is 59.9 Å². The third-order valence-corrected chi connectivity index (χ3v) is 9.03. The summed E-state index contributed by atoms with van der Waals surface area (Å²) < 4.78 is 0.